The van der Waals surface area contributed by atoms with Crippen LogP contribution in [0.2, 0.25) is 0 Å². The number of benzene rings is 1. The first kappa shape index (κ1) is 17.8. The van der Waals surface area contributed by atoms with Crippen molar-refractivity contribution < 1.29 is 9.59 Å². The van der Waals surface area contributed by atoms with Crippen molar-refractivity contribution in [1.29, 1.82) is 0 Å². The van der Waals surface area contributed by atoms with Crippen LogP contribution in [0.4, 0.5) is 0 Å². The molecule has 21 heavy (non-hydrogen) atoms. The summed E-state index contributed by atoms with van der Waals surface area (Å²) in [5, 5.41) is 0. The van der Waals surface area contributed by atoms with Gasteiger partial charge in [0.2, 0.25) is 5.91 Å². The molecule has 0 saturated heterocycles. The highest BCUT2D eigenvalue weighted by Gasteiger charge is 2.10. The smallest absolute Gasteiger partial charge is 0.232 e. The number of unbranched alkanes of at least 4 members (excludes halogenated alkanes) is 1. The third-order valence-corrected chi connectivity index (χ3v) is 4.41. The zero-order valence-electron chi connectivity index (χ0n) is 13.2. The van der Waals surface area contributed by atoms with Crippen molar-refractivity contribution in [1.82, 2.24) is 4.90 Å². The molecule has 3 nitrogen and oxygen atoms in total. The van der Waals surface area contributed by atoms with E-state index in [4.69, 9.17) is 0 Å². The molecule has 0 spiro atoms. The summed E-state index contributed by atoms with van der Waals surface area (Å²) < 4.78 is 0. The van der Waals surface area contributed by atoms with Gasteiger partial charge in [-0.15, -0.1) is 11.8 Å². The molecule has 0 atom stereocenters. The maximum Gasteiger partial charge on any atom is 0.232 e. The zero-order valence-corrected chi connectivity index (χ0v) is 14.0. The maximum absolute atomic E-state index is 11.9. The highest BCUT2D eigenvalue weighted by molar-refractivity contribution is 8.00. The van der Waals surface area contributed by atoms with E-state index in [1.807, 2.05) is 43.0 Å². The monoisotopic (exact) mass is 307 g/mol. The first-order valence-corrected chi connectivity index (χ1v) is 8.64. The van der Waals surface area contributed by atoms with Crippen molar-refractivity contribution in [3.8, 4) is 0 Å². The topological polar surface area (TPSA) is 37.4 Å². The zero-order chi connectivity index (χ0) is 15.7. The van der Waals surface area contributed by atoms with Crippen LogP contribution >= 0.6 is 11.8 Å². The van der Waals surface area contributed by atoms with Gasteiger partial charge in [-0.05, 0) is 32.4 Å². The highest BCUT2D eigenvalue weighted by Crippen LogP contribution is 2.19. The van der Waals surface area contributed by atoms with Crippen LogP contribution in [0.1, 0.15) is 50.4 Å². The average Bonchev–Trinajstić information content (AvgIpc) is 2.52. The number of thioether (sulfide) groups is 1. The molecule has 1 aromatic carbocycles. The standard InChI is InChI=1S/C17H25NO2S/c1-4-7-8-16(19)14-9-11-15(12-10-14)21-13-17(20)18(5-2)6-3/h9-12H,4-8,13H2,1-3H3. The molecular weight excluding hydrogens is 282 g/mol. The molecule has 0 unspecified atom stereocenters. The summed E-state index contributed by atoms with van der Waals surface area (Å²) in [6.45, 7) is 7.56. The highest BCUT2D eigenvalue weighted by atomic mass is 32.2. The number of Topliss-reactive ketones (excluding diaryl/α,β-unsaturated/α-hetero) is 1. The van der Waals surface area contributed by atoms with E-state index in [1.54, 1.807) is 0 Å². The van der Waals surface area contributed by atoms with Crippen LogP contribution in [0, 0.1) is 0 Å². The first-order chi connectivity index (χ1) is 10.1. The van der Waals surface area contributed by atoms with Crippen molar-refractivity contribution in [2.75, 3.05) is 18.8 Å². The van der Waals surface area contributed by atoms with Gasteiger partial charge in [0, 0.05) is 30.0 Å². The lowest BCUT2D eigenvalue weighted by Gasteiger charge is -2.18. The predicted octanol–water partition coefficient (Wildman–Crippen LogP) is 4.02. The van der Waals surface area contributed by atoms with E-state index in [2.05, 4.69) is 6.92 Å². The molecule has 1 aromatic rings. The second-order valence-electron chi connectivity index (χ2n) is 4.91. The molecule has 0 heterocycles. The molecule has 0 fully saturated rings. The van der Waals surface area contributed by atoms with E-state index in [0.29, 0.717) is 12.2 Å². The largest absolute Gasteiger partial charge is 0.343 e. The van der Waals surface area contributed by atoms with Gasteiger partial charge in [-0.25, -0.2) is 0 Å². The Hall–Kier alpha value is -1.29. The molecular formula is C17H25NO2S. The van der Waals surface area contributed by atoms with Crippen molar-refractivity contribution in [2.24, 2.45) is 0 Å². The third-order valence-electron chi connectivity index (χ3n) is 3.41. The molecule has 0 bridgehead atoms. The molecule has 1 rings (SSSR count). The Morgan fingerprint density at radius 1 is 1.05 bits per heavy atom. The molecule has 1 amide bonds. The normalized spacial score (nSPS) is 10.4. The molecule has 0 radical (unpaired) electrons. The Bertz CT molecular complexity index is 452. The number of carbonyl (C=O) groups excluding carboxylic acids is 2. The van der Waals surface area contributed by atoms with Gasteiger partial charge in [0.1, 0.15) is 0 Å². The molecule has 116 valence electrons. The molecule has 4 heteroatoms. The van der Waals surface area contributed by atoms with Crippen molar-refractivity contribution in [3.05, 3.63) is 29.8 Å². The van der Waals surface area contributed by atoms with Crippen LogP contribution in [-0.2, 0) is 4.79 Å². The number of ketones is 1. The van der Waals surface area contributed by atoms with Gasteiger partial charge in [0.15, 0.2) is 5.78 Å². The van der Waals surface area contributed by atoms with Crippen molar-refractivity contribution >= 4 is 23.5 Å². The molecule has 0 aliphatic carbocycles. The Morgan fingerprint density at radius 2 is 1.67 bits per heavy atom. The van der Waals surface area contributed by atoms with Gasteiger partial charge in [-0.1, -0.05) is 25.5 Å². The average molecular weight is 307 g/mol. The van der Waals surface area contributed by atoms with Gasteiger partial charge in [0.25, 0.3) is 0 Å². The maximum atomic E-state index is 11.9. The lowest BCUT2D eigenvalue weighted by molar-refractivity contribution is -0.127. The first-order valence-electron chi connectivity index (χ1n) is 7.66. The second-order valence-corrected chi connectivity index (χ2v) is 5.95. The van der Waals surface area contributed by atoms with Gasteiger partial charge in [0.05, 0.1) is 5.75 Å². The summed E-state index contributed by atoms with van der Waals surface area (Å²) in [5.74, 6) is 0.811. The number of nitrogens with zero attached hydrogens (tertiary/aromatic N) is 1. The fourth-order valence-electron chi connectivity index (χ4n) is 2.03. The van der Waals surface area contributed by atoms with Gasteiger partial charge in [-0.3, -0.25) is 9.59 Å². The summed E-state index contributed by atoms with van der Waals surface area (Å²) in [7, 11) is 0. The van der Waals surface area contributed by atoms with E-state index in [-0.39, 0.29) is 11.7 Å². The van der Waals surface area contributed by atoms with Crippen LogP contribution in [-0.4, -0.2) is 35.4 Å². The SMILES string of the molecule is CCCCC(=O)c1ccc(SCC(=O)N(CC)CC)cc1. The Kier molecular flexibility index (Phi) is 8.13. The summed E-state index contributed by atoms with van der Waals surface area (Å²) in [5.41, 5.74) is 0.767. The van der Waals surface area contributed by atoms with E-state index in [0.717, 1.165) is 36.4 Å². The fourth-order valence-corrected chi connectivity index (χ4v) is 2.83. The van der Waals surface area contributed by atoms with E-state index >= 15 is 0 Å². The van der Waals surface area contributed by atoms with E-state index in [1.165, 1.54) is 11.8 Å². The summed E-state index contributed by atoms with van der Waals surface area (Å²) >= 11 is 1.52. The van der Waals surface area contributed by atoms with Crippen molar-refractivity contribution in [3.63, 3.8) is 0 Å². The van der Waals surface area contributed by atoms with Gasteiger partial charge < -0.3 is 4.90 Å². The van der Waals surface area contributed by atoms with Crippen LogP contribution in [0.25, 0.3) is 0 Å². The van der Waals surface area contributed by atoms with E-state index in [9.17, 15) is 9.59 Å². The minimum absolute atomic E-state index is 0.160. The van der Waals surface area contributed by atoms with Gasteiger partial charge >= 0.3 is 0 Å². The van der Waals surface area contributed by atoms with Crippen LogP contribution < -0.4 is 0 Å². The van der Waals surface area contributed by atoms with E-state index < -0.39 is 0 Å². The fraction of sp³-hybridized carbons (Fsp3) is 0.529. The predicted molar refractivity (Wildman–Crippen MR) is 88.9 cm³/mol. The summed E-state index contributed by atoms with van der Waals surface area (Å²) in [6.07, 6.45) is 2.59. The number of amides is 1. The van der Waals surface area contributed by atoms with Crippen LogP contribution in [0.5, 0.6) is 0 Å². The third kappa shape index (κ3) is 5.92. The number of rotatable bonds is 9. The quantitative estimate of drug-likeness (QED) is 0.511. The van der Waals surface area contributed by atoms with Crippen LogP contribution in [0.3, 0.4) is 0 Å². The molecule has 0 N–H and O–H groups in total. The Labute approximate surface area is 132 Å². The lowest BCUT2D eigenvalue weighted by Crippen LogP contribution is -2.31. The van der Waals surface area contributed by atoms with Gasteiger partial charge in [-0.2, -0.15) is 0 Å². The molecule has 0 saturated carbocycles. The van der Waals surface area contributed by atoms with Crippen LogP contribution in [0.15, 0.2) is 29.2 Å². The second kappa shape index (κ2) is 9.61. The lowest BCUT2D eigenvalue weighted by atomic mass is 10.1. The number of hydrogen-bond donors (Lipinski definition) is 0. The summed E-state index contributed by atoms with van der Waals surface area (Å²) in [6, 6.07) is 7.59. The molecule has 0 aliphatic heterocycles. The van der Waals surface area contributed by atoms with Crippen molar-refractivity contribution in [2.45, 2.75) is 44.9 Å². The summed E-state index contributed by atoms with van der Waals surface area (Å²) in [4.78, 5) is 26.7. The Balaban J connectivity index is 2.51. The molecule has 0 aliphatic rings. The number of hydrogen-bond acceptors (Lipinski definition) is 3. The number of carbonyl (C=O) groups is 2. The minimum atomic E-state index is 0.160. The minimum Gasteiger partial charge on any atom is -0.343 e. The Morgan fingerprint density at radius 3 is 2.19 bits per heavy atom. The molecule has 0 aromatic heterocycles.